The van der Waals surface area contributed by atoms with Crippen LogP contribution in [-0.2, 0) is 20.9 Å². The van der Waals surface area contributed by atoms with E-state index in [2.05, 4.69) is 0 Å². The molecule has 2 rings (SSSR count). The molecule has 0 bridgehead atoms. The average molecular weight is 319 g/mol. The Labute approximate surface area is 133 Å². The fraction of sp³-hybridized carbons (Fsp3) is 0.250. The zero-order valence-electron chi connectivity index (χ0n) is 12.2. The topological polar surface area (TPSA) is 55.8 Å². The molecule has 1 amide bonds. The third-order valence-corrected chi connectivity index (χ3v) is 3.73. The Morgan fingerprint density at radius 2 is 1.86 bits per heavy atom. The number of thiophene rings is 1. The van der Waals surface area contributed by atoms with Gasteiger partial charge in [0.1, 0.15) is 11.6 Å². The number of benzene rings is 1. The van der Waals surface area contributed by atoms with Gasteiger partial charge in [0.2, 0.25) is 0 Å². The number of rotatable bonds is 6. The molecule has 1 aromatic carbocycles. The Balaban J connectivity index is 1.98. The minimum atomic E-state index is -0.546. The molecule has 0 saturated heterocycles. The Hall–Kier alpha value is -2.34. The molecule has 0 aliphatic heterocycles. The zero-order valence-corrected chi connectivity index (χ0v) is 13.0. The SMILES string of the molecule is CCC(=O)OCN(C(=O)OCc1ccccc1)c1cccs1. The van der Waals surface area contributed by atoms with Crippen LogP contribution in [0, 0.1) is 0 Å². The van der Waals surface area contributed by atoms with Crippen molar-refractivity contribution in [3.05, 3.63) is 53.4 Å². The Bertz CT molecular complexity index is 598. The van der Waals surface area contributed by atoms with E-state index in [1.165, 1.54) is 16.2 Å². The fourth-order valence-corrected chi connectivity index (χ4v) is 2.37. The number of amides is 1. The molecule has 5 nitrogen and oxygen atoms in total. The van der Waals surface area contributed by atoms with E-state index in [4.69, 9.17) is 9.47 Å². The van der Waals surface area contributed by atoms with Crippen LogP contribution in [0.25, 0.3) is 0 Å². The Kier molecular flexibility index (Phi) is 5.97. The largest absolute Gasteiger partial charge is 0.444 e. The summed E-state index contributed by atoms with van der Waals surface area (Å²) in [6.45, 7) is 1.72. The van der Waals surface area contributed by atoms with E-state index in [-0.39, 0.29) is 25.7 Å². The smallest absolute Gasteiger partial charge is 0.418 e. The van der Waals surface area contributed by atoms with Gasteiger partial charge >= 0.3 is 12.1 Å². The quantitative estimate of drug-likeness (QED) is 0.600. The summed E-state index contributed by atoms with van der Waals surface area (Å²) in [7, 11) is 0. The lowest BCUT2D eigenvalue weighted by molar-refractivity contribution is -0.143. The molecule has 6 heteroatoms. The van der Waals surface area contributed by atoms with Gasteiger partial charge in [0, 0.05) is 6.42 Å². The molecule has 0 N–H and O–H groups in total. The van der Waals surface area contributed by atoms with Gasteiger partial charge in [-0.1, -0.05) is 37.3 Å². The zero-order chi connectivity index (χ0) is 15.8. The number of carbonyl (C=O) groups excluding carboxylic acids is 2. The van der Waals surface area contributed by atoms with E-state index in [1.807, 2.05) is 41.8 Å². The number of nitrogens with zero attached hydrogens (tertiary/aromatic N) is 1. The van der Waals surface area contributed by atoms with Crippen molar-refractivity contribution in [2.24, 2.45) is 0 Å². The Morgan fingerprint density at radius 1 is 1.09 bits per heavy atom. The lowest BCUT2D eigenvalue weighted by Gasteiger charge is -2.20. The number of ether oxygens (including phenoxy) is 2. The molecule has 2 aromatic rings. The molecule has 0 aliphatic carbocycles. The first-order valence-corrected chi connectivity index (χ1v) is 7.76. The second kappa shape index (κ2) is 8.19. The molecule has 116 valence electrons. The molecule has 0 atom stereocenters. The highest BCUT2D eigenvalue weighted by Gasteiger charge is 2.19. The van der Waals surface area contributed by atoms with E-state index in [1.54, 1.807) is 13.0 Å². The second-order valence-electron chi connectivity index (χ2n) is 4.42. The standard InChI is InChI=1S/C16H17NO4S/c1-2-15(18)21-12-17(14-9-6-10-22-14)16(19)20-11-13-7-4-3-5-8-13/h3-10H,2,11-12H2,1H3. The number of hydrogen-bond donors (Lipinski definition) is 0. The number of carbonyl (C=O) groups is 2. The lowest BCUT2D eigenvalue weighted by Crippen LogP contribution is -2.34. The van der Waals surface area contributed by atoms with Crippen LogP contribution in [0.2, 0.25) is 0 Å². The molecule has 22 heavy (non-hydrogen) atoms. The summed E-state index contributed by atoms with van der Waals surface area (Å²) in [5.74, 6) is -0.364. The van der Waals surface area contributed by atoms with Crippen molar-refractivity contribution in [1.82, 2.24) is 0 Å². The molecule has 0 aliphatic rings. The summed E-state index contributed by atoms with van der Waals surface area (Å²) in [6, 6.07) is 13.0. The summed E-state index contributed by atoms with van der Waals surface area (Å²) in [4.78, 5) is 24.8. The molecule has 0 fully saturated rings. The first-order chi connectivity index (χ1) is 10.7. The number of hydrogen-bond acceptors (Lipinski definition) is 5. The van der Waals surface area contributed by atoms with Gasteiger partial charge in [-0.25, -0.2) is 9.69 Å². The minimum Gasteiger partial charge on any atom is -0.444 e. The van der Waals surface area contributed by atoms with Gasteiger partial charge in [-0.3, -0.25) is 4.79 Å². The van der Waals surface area contributed by atoms with E-state index >= 15 is 0 Å². The lowest BCUT2D eigenvalue weighted by atomic mass is 10.2. The first-order valence-electron chi connectivity index (χ1n) is 6.88. The van der Waals surface area contributed by atoms with E-state index in [0.717, 1.165) is 5.56 Å². The van der Waals surface area contributed by atoms with Crippen LogP contribution < -0.4 is 4.90 Å². The summed E-state index contributed by atoms with van der Waals surface area (Å²) < 4.78 is 10.3. The third kappa shape index (κ3) is 4.60. The Morgan fingerprint density at radius 3 is 2.50 bits per heavy atom. The maximum absolute atomic E-state index is 12.2. The van der Waals surface area contributed by atoms with E-state index < -0.39 is 6.09 Å². The highest BCUT2D eigenvalue weighted by molar-refractivity contribution is 7.14. The van der Waals surface area contributed by atoms with Gasteiger partial charge in [0.05, 0.1) is 0 Å². The molecule has 0 unspecified atom stereocenters. The van der Waals surface area contributed by atoms with Gasteiger partial charge < -0.3 is 9.47 Å². The van der Waals surface area contributed by atoms with Gasteiger partial charge in [-0.05, 0) is 23.1 Å². The van der Waals surface area contributed by atoms with Crippen molar-refractivity contribution >= 4 is 28.4 Å². The summed E-state index contributed by atoms with van der Waals surface area (Å²) in [5.41, 5.74) is 0.896. The van der Waals surface area contributed by atoms with Crippen molar-refractivity contribution in [3.63, 3.8) is 0 Å². The maximum Gasteiger partial charge on any atom is 0.418 e. The van der Waals surface area contributed by atoms with Crippen LogP contribution >= 0.6 is 11.3 Å². The molecular weight excluding hydrogens is 302 g/mol. The van der Waals surface area contributed by atoms with Gasteiger partial charge in [-0.2, -0.15) is 0 Å². The monoisotopic (exact) mass is 319 g/mol. The molecular formula is C16H17NO4S. The predicted octanol–water partition coefficient (Wildman–Crippen LogP) is 3.80. The van der Waals surface area contributed by atoms with Crippen LogP contribution in [0.4, 0.5) is 9.80 Å². The van der Waals surface area contributed by atoms with Gasteiger partial charge in [0.15, 0.2) is 6.73 Å². The highest BCUT2D eigenvalue weighted by atomic mass is 32.1. The number of anilines is 1. The molecule has 0 radical (unpaired) electrons. The van der Waals surface area contributed by atoms with Gasteiger partial charge in [0.25, 0.3) is 0 Å². The van der Waals surface area contributed by atoms with Crippen molar-refractivity contribution in [1.29, 1.82) is 0 Å². The van der Waals surface area contributed by atoms with Crippen molar-refractivity contribution in [2.45, 2.75) is 20.0 Å². The highest BCUT2D eigenvalue weighted by Crippen LogP contribution is 2.22. The fourth-order valence-electron chi connectivity index (χ4n) is 1.67. The normalized spacial score (nSPS) is 10.0. The minimum absolute atomic E-state index is 0.152. The van der Waals surface area contributed by atoms with Crippen molar-refractivity contribution < 1.29 is 19.1 Å². The average Bonchev–Trinajstić information content (AvgIpc) is 3.08. The number of esters is 1. The van der Waals surface area contributed by atoms with E-state index in [0.29, 0.717) is 5.00 Å². The van der Waals surface area contributed by atoms with Crippen LogP contribution in [0.5, 0.6) is 0 Å². The van der Waals surface area contributed by atoms with Crippen LogP contribution in [0.3, 0.4) is 0 Å². The van der Waals surface area contributed by atoms with Crippen molar-refractivity contribution in [3.8, 4) is 0 Å². The van der Waals surface area contributed by atoms with Gasteiger partial charge in [-0.15, -0.1) is 11.3 Å². The molecule has 1 heterocycles. The maximum atomic E-state index is 12.2. The summed E-state index contributed by atoms with van der Waals surface area (Å²) in [5, 5.41) is 2.51. The van der Waals surface area contributed by atoms with Crippen LogP contribution in [0.15, 0.2) is 47.8 Å². The molecule has 0 spiro atoms. The van der Waals surface area contributed by atoms with E-state index in [9.17, 15) is 9.59 Å². The molecule has 1 aromatic heterocycles. The van der Waals surface area contributed by atoms with Crippen molar-refractivity contribution in [2.75, 3.05) is 11.6 Å². The molecule has 0 saturated carbocycles. The second-order valence-corrected chi connectivity index (χ2v) is 5.34. The summed E-state index contributed by atoms with van der Waals surface area (Å²) >= 11 is 1.37. The first kappa shape index (κ1) is 16.0. The third-order valence-electron chi connectivity index (χ3n) is 2.84. The van der Waals surface area contributed by atoms with Crippen LogP contribution in [-0.4, -0.2) is 18.8 Å². The predicted molar refractivity (Wildman–Crippen MR) is 84.7 cm³/mol. The van der Waals surface area contributed by atoms with Crippen LogP contribution in [0.1, 0.15) is 18.9 Å². The summed E-state index contributed by atoms with van der Waals surface area (Å²) in [6.07, 6.45) is -0.285.